The first-order chi connectivity index (χ1) is 7.27. The molecular weight excluding hydrogens is 299 g/mol. The molecule has 1 aromatic heterocycles. The van der Waals surface area contributed by atoms with Crippen LogP contribution in [0.25, 0.3) is 0 Å². The summed E-state index contributed by atoms with van der Waals surface area (Å²) < 4.78 is 61.3. The van der Waals surface area contributed by atoms with Crippen molar-refractivity contribution in [2.24, 2.45) is 0 Å². The summed E-state index contributed by atoms with van der Waals surface area (Å²) in [4.78, 5) is 2.77. The van der Waals surface area contributed by atoms with Crippen LogP contribution in [0.5, 0.6) is 0 Å². The Bertz CT molecular complexity index is 449. The molecule has 0 aromatic carbocycles. The molecule has 0 aliphatic rings. The van der Waals surface area contributed by atoms with Gasteiger partial charge in [0.1, 0.15) is 11.8 Å². The Morgan fingerprint density at radius 1 is 1.38 bits per heavy atom. The maximum atomic E-state index is 12.3. The number of hydrogen-bond acceptors (Lipinski definition) is 2. The molecule has 1 aromatic rings. The van der Waals surface area contributed by atoms with Crippen LogP contribution in [0.2, 0.25) is 0 Å². The summed E-state index contributed by atoms with van der Waals surface area (Å²) in [5, 5.41) is 8.44. The van der Waals surface area contributed by atoms with Crippen LogP contribution in [0, 0.1) is 11.3 Å². The molecule has 0 aliphatic carbocycles. The highest BCUT2D eigenvalue weighted by atomic mass is 79.9. The molecule has 2 nitrogen and oxygen atoms in total. The summed E-state index contributed by atoms with van der Waals surface area (Å²) in [7, 11) is 0. The highest BCUT2D eigenvalue weighted by Crippen LogP contribution is 2.35. The van der Waals surface area contributed by atoms with Gasteiger partial charge in [0.15, 0.2) is 5.69 Å². The van der Waals surface area contributed by atoms with Gasteiger partial charge in [0, 0.05) is 4.47 Å². The van der Waals surface area contributed by atoms with Gasteiger partial charge in [-0.25, -0.2) is 13.8 Å². The minimum atomic E-state index is -4.94. The van der Waals surface area contributed by atoms with Gasteiger partial charge in [-0.1, -0.05) is 0 Å². The van der Waals surface area contributed by atoms with E-state index >= 15 is 0 Å². The largest absolute Gasteiger partial charge is 0.434 e. The zero-order valence-electron chi connectivity index (χ0n) is 7.32. The van der Waals surface area contributed by atoms with Crippen molar-refractivity contribution in [3.63, 3.8) is 0 Å². The number of nitriles is 1. The summed E-state index contributed by atoms with van der Waals surface area (Å²) in [6.07, 6.45) is -8.08. The minimum Gasteiger partial charge on any atom is -0.240 e. The highest BCUT2D eigenvalue weighted by molar-refractivity contribution is 9.10. The molecule has 0 bridgehead atoms. The Morgan fingerprint density at radius 2 is 1.94 bits per heavy atom. The van der Waals surface area contributed by atoms with Crippen molar-refractivity contribution in [1.82, 2.24) is 4.98 Å². The summed E-state index contributed by atoms with van der Waals surface area (Å²) in [5.74, 6) is 0. The smallest absolute Gasteiger partial charge is 0.240 e. The molecule has 16 heavy (non-hydrogen) atoms. The number of alkyl halides is 5. The Hall–Kier alpha value is -1.23. The van der Waals surface area contributed by atoms with Crippen LogP contribution in [0.15, 0.2) is 10.5 Å². The van der Waals surface area contributed by atoms with Gasteiger partial charge in [-0.05, 0) is 22.0 Å². The van der Waals surface area contributed by atoms with Crippen LogP contribution < -0.4 is 0 Å². The monoisotopic (exact) mass is 300 g/mol. The van der Waals surface area contributed by atoms with Gasteiger partial charge in [-0.2, -0.15) is 18.4 Å². The molecule has 0 aliphatic heterocycles. The zero-order chi connectivity index (χ0) is 12.5. The van der Waals surface area contributed by atoms with E-state index in [2.05, 4.69) is 20.9 Å². The van der Waals surface area contributed by atoms with Crippen molar-refractivity contribution in [2.45, 2.75) is 12.6 Å². The fourth-order valence-corrected chi connectivity index (χ4v) is 1.45. The van der Waals surface area contributed by atoms with E-state index in [1.165, 1.54) is 6.07 Å². The van der Waals surface area contributed by atoms with Gasteiger partial charge < -0.3 is 0 Å². The van der Waals surface area contributed by atoms with E-state index in [-0.39, 0.29) is 4.47 Å². The molecule has 0 saturated heterocycles. The summed E-state index contributed by atoms with van der Waals surface area (Å²) in [6.45, 7) is 0. The molecule has 8 heteroatoms. The average Bonchev–Trinajstić information content (AvgIpc) is 2.14. The minimum absolute atomic E-state index is 0.327. The third-order valence-corrected chi connectivity index (χ3v) is 2.23. The zero-order valence-corrected chi connectivity index (χ0v) is 8.90. The SMILES string of the molecule is N#Cc1cc(Br)c(C(F)F)nc1C(F)(F)F. The highest BCUT2D eigenvalue weighted by Gasteiger charge is 2.37. The number of rotatable bonds is 1. The van der Waals surface area contributed by atoms with Gasteiger partial charge in [-0.3, -0.25) is 0 Å². The van der Waals surface area contributed by atoms with Crippen molar-refractivity contribution < 1.29 is 22.0 Å². The molecule has 0 N–H and O–H groups in total. The summed E-state index contributed by atoms with van der Waals surface area (Å²) in [5.41, 5.74) is -3.44. The van der Waals surface area contributed by atoms with Crippen LogP contribution in [-0.4, -0.2) is 4.98 Å². The lowest BCUT2D eigenvalue weighted by Gasteiger charge is -2.10. The van der Waals surface area contributed by atoms with Crippen LogP contribution in [0.3, 0.4) is 0 Å². The quantitative estimate of drug-likeness (QED) is 0.742. The van der Waals surface area contributed by atoms with Crippen LogP contribution in [0.4, 0.5) is 22.0 Å². The molecule has 1 rings (SSSR count). The first-order valence-electron chi connectivity index (χ1n) is 3.73. The molecule has 0 atom stereocenters. The van der Waals surface area contributed by atoms with E-state index in [9.17, 15) is 22.0 Å². The number of halogens is 6. The molecule has 0 saturated carbocycles. The topological polar surface area (TPSA) is 36.7 Å². The van der Waals surface area contributed by atoms with E-state index in [1.54, 1.807) is 0 Å². The Morgan fingerprint density at radius 3 is 2.31 bits per heavy atom. The second-order valence-electron chi connectivity index (χ2n) is 2.66. The van der Waals surface area contributed by atoms with Gasteiger partial charge in [-0.15, -0.1) is 0 Å². The predicted octanol–water partition coefficient (Wildman–Crippen LogP) is 3.67. The number of nitrogens with zero attached hydrogens (tertiary/aromatic N) is 2. The third kappa shape index (κ3) is 2.47. The number of pyridine rings is 1. The second kappa shape index (κ2) is 4.33. The summed E-state index contributed by atoms with van der Waals surface area (Å²) >= 11 is 2.63. The fourth-order valence-electron chi connectivity index (χ4n) is 0.957. The Kier molecular flexibility index (Phi) is 3.48. The molecule has 0 spiro atoms. The first kappa shape index (κ1) is 12.8. The van der Waals surface area contributed by atoms with E-state index in [0.29, 0.717) is 6.07 Å². The first-order valence-corrected chi connectivity index (χ1v) is 4.52. The molecule has 86 valence electrons. The van der Waals surface area contributed by atoms with Crippen molar-refractivity contribution in [3.8, 4) is 6.07 Å². The van der Waals surface area contributed by atoms with E-state index in [0.717, 1.165) is 0 Å². The average molecular weight is 301 g/mol. The predicted molar refractivity (Wildman–Crippen MR) is 46.6 cm³/mol. The van der Waals surface area contributed by atoms with Crippen molar-refractivity contribution >= 4 is 15.9 Å². The third-order valence-electron chi connectivity index (χ3n) is 1.60. The number of hydrogen-bond donors (Lipinski definition) is 0. The van der Waals surface area contributed by atoms with Crippen LogP contribution in [0.1, 0.15) is 23.4 Å². The lowest BCUT2D eigenvalue weighted by molar-refractivity contribution is -0.141. The van der Waals surface area contributed by atoms with Gasteiger partial charge in [0.2, 0.25) is 0 Å². The van der Waals surface area contributed by atoms with E-state index < -0.39 is 29.6 Å². The fraction of sp³-hybridized carbons (Fsp3) is 0.250. The van der Waals surface area contributed by atoms with Gasteiger partial charge >= 0.3 is 6.18 Å². The normalized spacial score (nSPS) is 11.6. The maximum Gasteiger partial charge on any atom is 0.434 e. The maximum absolute atomic E-state index is 12.3. The van der Waals surface area contributed by atoms with Crippen molar-refractivity contribution in [2.75, 3.05) is 0 Å². The van der Waals surface area contributed by atoms with Crippen molar-refractivity contribution in [3.05, 3.63) is 27.5 Å². The Labute approximate surface area is 94.8 Å². The lowest BCUT2D eigenvalue weighted by Crippen LogP contribution is -2.13. The molecule has 0 fully saturated rings. The van der Waals surface area contributed by atoms with Crippen LogP contribution >= 0.6 is 15.9 Å². The molecule has 0 radical (unpaired) electrons. The van der Waals surface area contributed by atoms with Crippen LogP contribution in [-0.2, 0) is 6.18 Å². The van der Waals surface area contributed by atoms with Crippen molar-refractivity contribution in [1.29, 1.82) is 5.26 Å². The second-order valence-corrected chi connectivity index (χ2v) is 3.52. The number of aromatic nitrogens is 1. The molecular formula is C8H2BrF5N2. The van der Waals surface area contributed by atoms with Gasteiger partial charge in [0.25, 0.3) is 6.43 Å². The molecule has 1 heterocycles. The lowest BCUT2D eigenvalue weighted by atomic mass is 10.2. The molecule has 0 unspecified atom stereocenters. The van der Waals surface area contributed by atoms with E-state index in [4.69, 9.17) is 5.26 Å². The van der Waals surface area contributed by atoms with E-state index in [1.807, 2.05) is 0 Å². The Balaban J connectivity index is 3.49. The summed E-state index contributed by atoms with van der Waals surface area (Å²) in [6, 6.07) is 1.93. The van der Waals surface area contributed by atoms with Gasteiger partial charge in [0.05, 0.1) is 5.56 Å². The molecule has 0 amide bonds. The standard InChI is InChI=1S/C8H2BrF5N2/c9-4-1-3(2-15)6(8(12,13)14)16-5(4)7(10)11/h1,7H.